The first-order valence-corrected chi connectivity index (χ1v) is 8.18. The summed E-state index contributed by atoms with van der Waals surface area (Å²) in [6.07, 6.45) is 0. The first-order chi connectivity index (χ1) is 3.84. The van der Waals surface area contributed by atoms with Crippen molar-refractivity contribution < 1.29 is 0 Å². The van der Waals surface area contributed by atoms with Crippen molar-refractivity contribution in [2.45, 2.75) is 33.9 Å². The molecule has 0 radical (unpaired) electrons. The topological polar surface area (TPSA) is 0 Å². The van der Waals surface area contributed by atoms with Crippen molar-refractivity contribution >= 4 is 20.4 Å². The van der Waals surface area contributed by atoms with Gasteiger partial charge in [-0.3, -0.25) is 0 Å². The van der Waals surface area contributed by atoms with Crippen LogP contribution in [0.25, 0.3) is 0 Å². The molecule has 0 saturated heterocycles. The third-order valence-electron chi connectivity index (χ3n) is 1.63. The number of hydrogen-bond acceptors (Lipinski definition) is 0. The standard InChI is InChI=1S/C7H15PSi/c1-7(2,3)6-8-9(6,4)5/h1-5H3. The Morgan fingerprint density at radius 1 is 1.22 bits per heavy atom. The maximum Gasteiger partial charge on any atom is 0.136 e. The summed E-state index contributed by atoms with van der Waals surface area (Å²) in [4.78, 5) is 1.84. The smallest absolute Gasteiger partial charge is 0.125 e. The first-order valence-electron chi connectivity index (χ1n) is 3.45. The van der Waals surface area contributed by atoms with E-state index in [0.717, 1.165) is 0 Å². The van der Waals surface area contributed by atoms with E-state index in [1.165, 1.54) is 0 Å². The highest BCUT2D eigenvalue weighted by Crippen LogP contribution is 2.46. The minimum atomic E-state index is -0.737. The summed E-state index contributed by atoms with van der Waals surface area (Å²) in [5.41, 5.74) is 0.511. The van der Waals surface area contributed by atoms with E-state index in [2.05, 4.69) is 33.9 Å². The highest BCUT2D eigenvalue weighted by molar-refractivity contribution is 8.07. The predicted molar refractivity (Wildman–Crippen MR) is 48.9 cm³/mol. The van der Waals surface area contributed by atoms with Gasteiger partial charge in [-0.05, 0) is 10.3 Å². The number of rotatable bonds is 0. The van der Waals surface area contributed by atoms with Crippen molar-refractivity contribution in [1.29, 1.82) is 0 Å². The Hall–Kier alpha value is 0.387. The fourth-order valence-electron chi connectivity index (χ4n) is 1.34. The van der Waals surface area contributed by atoms with Crippen LogP contribution in [-0.4, -0.2) is 12.7 Å². The van der Waals surface area contributed by atoms with Crippen LogP contribution in [0.5, 0.6) is 0 Å². The Morgan fingerprint density at radius 3 is 1.56 bits per heavy atom. The molecule has 1 rings (SSSR count). The molecule has 0 bridgehead atoms. The van der Waals surface area contributed by atoms with Gasteiger partial charge in [0.05, 0.1) is 0 Å². The van der Waals surface area contributed by atoms with Gasteiger partial charge in [-0.25, -0.2) is 0 Å². The third-order valence-corrected chi connectivity index (χ3v) is 8.92. The van der Waals surface area contributed by atoms with Crippen LogP contribution >= 0.6 is 7.75 Å². The highest BCUT2D eigenvalue weighted by atomic mass is 31.3. The van der Waals surface area contributed by atoms with E-state index in [4.69, 9.17) is 0 Å². The molecule has 0 unspecified atom stereocenters. The summed E-state index contributed by atoms with van der Waals surface area (Å²) in [7, 11) is 0.970. The number of hydrogen-bond donors (Lipinski definition) is 0. The van der Waals surface area contributed by atoms with Crippen LogP contribution in [0.1, 0.15) is 20.8 Å². The Bertz CT molecular complexity index is 162. The van der Waals surface area contributed by atoms with Crippen LogP contribution in [0.15, 0.2) is 0 Å². The average Bonchev–Trinajstić information content (AvgIpc) is 2.10. The molecular weight excluding hydrogens is 143 g/mol. The maximum atomic E-state index is 2.45. The largest absolute Gasteiger partial charge is 0.136 e. The molecule has 2 heteroatoms. The van der Waals surface area contributed by atoms with E-state index in [0.29, 0.717) is 5.41 Å². The van der Waals surface area contributed by atoms with Crippen LogP contribution in [0, 0.1) is 5.41 Å². The zero-order valence-electron chi connectivity index (χ0n) is 6.95. The van der Waals surface area contributed by atoms with Crippen LogP contribution in [-0.2, 0) is 0 Å². The van der Waals surface area contributed by atoms with Gasteiger partial charge in [0, 0.05) is 0 Å². The molecule has 0 N–H and O–H groups in total. The normalized spacial score (nSPS) is 25.2. The summed E-state index contributed by atoms with van der Waals surface area (Å²) < 4.78 is 0. The minimum Gasteiger partial charge on any atom is -0.125 e. The lowest BCUT2D eigenvalue weighted by Crippen LogP contribution is -2.25. The molecule has 0 atom stereocenters. The Balaban J connectivity index is 2.62. The van der Waals surface area contributed by atoms with E-state index in [1.807, 2.05) is 4.92 Å². The third kappa shape index (κ3) is 1.45. The molecule has 1 aliphatic rings. The summed E-state index contributed by atoms with van der Waals surface area (Å²) in [5.74, 6) is 0. The van der Waals surface area contributed by atoms with E-state index in [9.17, 15) is 0 Å². The maximum absolute atomic E-state index is 2.45. The van der Waals surface area contributed by atoms with E-state index >= 15 is 0 Å². The fourth-order valence-corrected chi connectivity index (χ4v) is 9.55. The van der Waals surface area contributed by atoms with Gasteiger partial charge in [0.25, 0.3) is 0 Å². The molecule has 52 valence electrons. The zero-order valence-corrected chi connectivity index (χ0v) is 8.84. The second kappa shape index (κ2) is 1.70. The Kier molecular flexibility index (Phi) is 1.42. The quantitative estimate of drug-likeness (QED) is 0.375. The van der Waals surface area contributed by atoms with E-state index in [-0.39, 0.29) is 0 Å². The highest BCUT2D eigenvalue weighted by Gasteiger charge is 2.44. The summed E-state index contributed by atoms with van der Waals surface area (Å²) in [6.45, 7) is 11.9. The molecule has 0 saturated carbocycles. The molecule has 9 heavy (non-hydrogen) atoms. The van der Waals surface area contributed by atoms with Gasteiger partial charge >= 0.3 is 0 Å². The van der Waals surface area contributed by atoms with E-state index < -0.39 is 7.74 Å². The summed E-state index contributed by atoms with van der Waals surface area (Å²) >= 11 is 0. The molecular formula is C7H15PSi. The molecule has 0 amide bonds. The van der Waals surface area contributed by atoms with Crippen LogP contribution < -0.4 is 0 Å². The Morgan fingerprint density at radius 2 is 1.56 bits per heavy atom. The second-order valence-corrected chi connectivity index (χ2v) is 13.0. The van der Waals surface area contributed by atoms with Gasteiger partial charge in [0.2, 0.25) is 0 Å². The Labute approximate surface area is 60.3 Å². The van der Waals surface area contributed by atoms with Gasteiger partial charge in [-0.2, -0.15) is 0 Å². The first kappa shape index (κ1) is 7.49. The lowest BCUT2D eigenvalue weighted by atomic mass is 10.0. The van der Waals surface area contributed by atoms with Crippen molar-refractivity contribution in [1.82, 2.24) is 0 Å². The zero-order chi connectivity index (χ0) is 7.28. The second-order valence-electron chi connectivity index (χ2n) is 4.27. The molecule has 0 nitrogen and oxygen atoms in total. The fraction of sp³-hybridized carbons (Fsp3) is 0.857. The van der Waals surface area contributed by atoms with E-state index in [1.54, 1.807) is 7.75 Å². The lowest BCUT2D eigenvalue weighted by Gasteiger charge is -2.16. The van der Waals surface area contributed by atoms with Gasteiger partial charge in [0.15, 0.2) is 0 Å². The molecule has 1 aliphatic heterocycles. The molecule has 0 aromatic heterocycles. The van der Waals surface area contributed by atoms with Crippen molar-refractivity contribution in [3.05, 3.63) is 0 Å². The molecule has 0 spiro atoms. The van der Waals surface area contributed by atoms with Crippen LogP contribution in [0.3, 0.4) is 0 Å². The van der Waals surface area contributed by atoms with Crippen LogP contribution in [0.2, 0.25) is 13.1 Å². The molecule has 0 fully saturated rings. The summed E-state index contributed by atoms with van der Waals surface area (Å²) in [6, 6.07) is 0. The molecule has 0 aromatic rings. The average molecular weight is 158 g/mol. The molecule has 1 heterocycles. The van der Waals surface area contributed by atoms with Crippen molar-refractivity contribution in [2.24, 2.45) is 5.41 Å². The van der Waals surface area contributed by atoms with Crippen molar-refractivity contribution in [2.75, 3.05) is 0 Å². The van der Waals surface area contributed by atoms with Gasteiger partial charge in [-0.15, -0.1) is 7.75 Å². The van der Waals surface area contributed by atoms with Crippen LogP contribution in [0.4, 0.5) is 0 Å². The van der Waals surface area contributed by atoms with Crippen molar-refractivity contribution in [3.63, 3.8) is 0 Å². The monoisotopic (exact) mass is 158 g/mol. The SMILES string of the molecule is CC(C)(C)C1=P[Si]1(C)C. The van der Waals surface area contributed by atoms with Crippen molar-refractivity contribution in [3.8, 4) is 0 Å². The molecule has 0 aromatic carbocycles. The van der Waals surface area contributed by atoms with Gasteiger partial charge in [0.1, 0.15) is 7.74 Å². The van der Waals surface area contributed by atoms with Gasteiger partial charge in [-0.1, -0.05) is 33.9 Å². The minimum absolute atomic E-state index is 0.511. The lowest BCUT2D eigenvalue weighted by molar-refractivity contribution is 0.609. The van der Waals surface area contributed by atoms with Gasteiger partial charge < -0.3 is 0 Å². The predicted octanol–water partition coefficient (Wildman–Crippen LogP) is 2.91. The summed E-state index contributed by atoms with van der Waals surface area (Å²) in [5, 5.41) is 0. The molecule has 0 aliphatic carbocycles.